The van der Waals surface area contributed by atoms with Crippen LogP contribution in [0.2, 0.25) is 0 Å². The molecule has 5 rings (SSSR count). The molecule has 120 valence electrons. The van der Waals surface area contributed by atoms with Crippen LogP contribution in [0.1, 0.15) is 23.2 Å². The normalized spacial score (nSPS) is 21.5. The van der Waals surface area contributed by atoms with Crippen molar-refractivity contribution < 1.29 is 0 Å². The van der Waals surface area contributed by atoms with Crippen LogP contribution >= 0.6 is 0 Å². The number of para-hydroxylation sites is 2. The van der Waals surface area contributed by atoms with Crippen molar-refractivity contribution in [2.24, 2.45) is 10.7 Å². The van der Waals surface area contributed by atoms with Gasteiger partial charge in [0.05, 0.1) is 11.4 Å². The minimum absolute atomic E-state index is 0.344. The van der Waals surface area contributed by atoms with Crippen LogP contribution in [0.4, 0.5) is 5.69 Å². The molecule has 3 aromatic rings. The Bertz CT molecular complexity index is 969. The van der Waals surface area contributed by atoms with Gasteiger partial charge in [-0.15, -0.1) is 0 Å². The Morgan fingerprint density at radius 1 is 1.08 bits per heavy atom. The van der Waals surface area contributed by atoms with Gasteiger partial charge in [-0.25, -0.2) is 0 Å². The zero-order chi connectivity index (χ0) is 16.1. The molecule has 0 saturated heterocycles. The number of anilines is 1. The number of nitrogens with one attached hydrogen (secondary N) is 2. The van der Waals surface area contributed by atoms with Gasteiger partial charge in [0.1, 0.15) is 5.54 Å². The van der Waals surface area contributed by atoms with E-state index in [1.165, 1.54) is 27.7 Å². The topological polar surface area (TPSA) is 66.2 Å². The number of nitrogens with zero attached hydrogens (tertiary/aromatic N) is 1. The smallest absolute Gasteiger partial charge is 0.122 e. The molecule has 0 spiro atoms. The van der Waals surface area contributed by atoms with Crippen molar-refractivity contribution in [3.05, 3.63) is 65.4 Å². The number of aromatic amines is 1. The lowest BCUT2D eigenvalue weighted by molar-refractivity contribution is 0.597. The van der Waals surface area contributed by atoms with Gasteiger partial charge in [0.2, 0.25) is 0 Å². The number of aliphatic imine (C=N–C) groups is 1. The molecule has 2 aromatic carbocycles. The first kappa shape index (κ1) is 13.8. The first-order chi connectivity index (χ1) is 11.8. The molecular weight excluding hydrogens is 296 g/mol. The predicted octanol–water partition coefficient (Wildman–Crippen LogP) is 3.18. The molecule has 2 aliphatic heterocycles. The largest absolute Gasteiger partial charge is 0.369 e. The molecule has 4 N–H and O–H groups in total. The summed E-state index contributed by atoms with van der Waals surface area (Å²) in [6, 6.07) is 17.0. The number of rotatable bonds is 2. The molecule has 1 atom stereocenters. The summed E-state index contributed by atoms with van der Waals surface area (Å²) in [7, 11) is 0. The molecule has 0 radical (unpaired) electrons. The minimum atomic E-state index is -0.344. The summed E-state index contributed by atoms with van der Waals surface area (Å²) in [5.41, 5.74) is 13.0. The van der Waals surface area contributed by atoms with Crippen LogP contribution < -0.4 is 11.1 Å². The van der Waals surface area contributed by atoms with Crippen molar-refractivity contribution in [2.75, 3.05) is 18.4 Å². The van der Waals surface area contributed by atoms with Crippen LogP contribution in [0.3, 0.4) is 0 Å². The number of nitrogens with two attached hydrogens (primary N) is 1. The van der Waals surface area contributed by atoms with Crippen LogP contribution in [-0.2, 0) is 12.0 Å². The molecule has 0 saturated carbocycles. The van der Waals surface area contributed by atoms with Gasteiger partial charge in [-0.05, 0) is 37.1 Å². The van der Waals surface area contributed by atoms with Crippen LogP contribution in [0, 0.1) is 0 Å². The molecular formula is C20H20N4. The molecule has 4 heteroatoms. The van der Waals surface area contributed by atoms with E-state index in [0.717, 1.165) is 30.8 Å². The van der Waals surface area contributed by atoms with Crippen LogP contribution in [-0.4, -0.2) is 23.8 Å². The van der Waals surface area contributed by atoms with Gasteiger partial charge in [-0.2, -0.15) is 0 Å². The summed E-state index contributed by atoms with van der Waals surface area (Å²) in [5, 5.41) is 5.07. The molecule has 0 bridgehead atoms. The van der Waals surface area contributed by atoms with E-state index in [9.17, 15) is 0 Å². The van der Waals surface area contributed by atoms with E-state index < -0.39 is 0 Å². The Morgan fingerprint density at radius 3 is 2.83 bits per heavy atom. The fraction of sp³-hybridized carbons (Fsp3) is 0.250. The van der Waals surface area contributed by atoms with E-state index in [0.29, 0.717) is 6.54 Å². The van der Waals surface area contributed by atoms with E-state index in [-0.39, 0.29) is 5.54 Å². The molecule has 3 heterocycles. The average molecular weight is 316 g/mol. The van der Waals surface area contributed by atoms with Crippen LogP contribution in [0.5, 0.6) is 0 Å². The summed E-state index contributed by atoms with van der Waals surface area (Å²) in [5.74, 6) is 0. The predicted molar refractivity (Wildman–Crippen MR) is 98.8 cm³/mol. The number of hydrogen-bond acceptors (Lipinski definition) is 3. The summed E-state index contributed by atoms with van der Waals surface area (Å²) in [6.45, 7) is 1.42. The van der Waals surface area contributed by atoms with E-state index in [1.807, 2.05) is 0 Å². The standard InChI is InChI=1S/C20H20N4/c21-11-10-20-18(15-6-2-4-8-17(15)24-20)22-12-9-14-13-5-1-3-7-16(13)23-19(14)20/h1-8,23-24H,9-12,21H2/t20-/m1/s1. The fourth-order valence-corrected chi connectivity index (χ4v) is 4.34. The Labute approximate surface area is 140 Å². The van der Waals surface area contributed by atoms with Crippen molar-refractivity contribution >= 4 is 22.3 Å². The molecule has 1 aromatic heterocycles. The number of aromatic nitrogens is 1. The Balaban J connectivity index is 1.82. The van der Waals surface area contributed by atoms with E-state index >= 15 is 0 Å². The van der Waals surface area contributed by atoms with Crippen LogP contribution in [0.15, 0.2) is 53.5 Å². The van der Waals surface area contributed by atoms with E-state index in [1.54, 1.807) is 0 Å². The lowest BCUT2D eigenvalue weighted by atomic mass is 9.84. The van der Waals surface area contributed by atoms with Crippen molar-refractivity contribution in [1.82, 2.24) is 4.98 Å². The van der Waals surface area contributed by atoms with Crippen molar-refractivity contribution in [3.8, 4) is 0 Å². The summed E-state index contributed by atoms with van der Waals surface area (Å²) in [4.78, 5) is 8.68. The summed E-state index contributed by atoms with van der Waals surface area (Å²) in [6.07, 6.45) is 1.78. The molecule has 0 aliphatic carbocycles. The molecule has 24 heavy (non-hydrogen) atoms. The number of benzene rings is 2. The maximum absolute atomic E-state index is 6.04. The lowest BCUT2D eigenvalue weighted by Crippen LogP contribution is -2.41. The number of H-pyrrole nitrogens is 1. The molecule has 0 unspecified atom stereocenters. The summed E-state index contributed by atoms with van der Waals surface area (Å²) < 4.78 is 0. The Hall–Kier alpha value is -2.59. The fourth-order valence-electron chi connectivity index (χ4n) is 4.34. The van der Waals surface area contributed by atoms with Gasteiger partial charge in [0.25, 0.3) is 0 Å². The van der Waals surface area contributed by atoms with Gasteiger partial charge in [0.15, 0.2) is 0 Å². The third kappa shape index (κ3) is 1.69. The molecule has 4 nitrogen and oxygen atoms in total. The average Bonchev–Trinajstić information content (AvgIpc) is 3.08. The summed E-state index contributed by atoms with van der Waals surface area (Å²) >= 11 is 0. The first-order valence-electron chi connectivity index (χ1n) is 8.56. The first-order valence-corrected chi connectivity index (χ1v) is 8.56. The Kier molecular flexibility index (Phi) is 2.85. The second kappa shape index (κ2) is 4.95. The highest BCUT2D eigenvalue weighted by molar-refractivity contribution is 6.17. The molecule has 0 fully saturated rings. The third-order valence-corrected chi connectivity index (χ3v) is 5.33. The highest BCUT2D eigenvalue weighted by Crippen LogP contribution is 2.45. The van der Waals surface area contributed by atoms with E-state index in [2.05, 4.69) is 58.8 Å². The van der Waals surface area contributed by atoms with Crippen molar-refractivity contribution in [1.29, 1.82) is 0 Å². The molecule has 0 amide bonds. The van der Waals surface area contributed by atoms with Gasteiger partial charge in [-0.3, -0.25) is 4.99 Å². The highest BCUT2D eigenvalue weighted by atomic mass is 15.1. The second-order valence-electron chi connectivity index (χ2n) is 6.62. The van der Waals surface area contributed by atoms with Gasteiger partial charge < -0.3 is 16.0 Å². The van der Waals surface area contributed by atoms with Gasteiger partial charge >= 0.3 is 0 Å². The Morgan fingerprint density at radius 2 is 1.92 bits per heavy atom. The van der Waals surface area contributed by atoms with Crippen molar-refractivity contribution in [3.63, 3.8) is 0 Å². The maximum Gasteiger partial charge on any atom is 0.122 e. The van der Waals surface area contributed by atoms with Gasteiger partial charge in [-0.1, -0.05) is 36.4 Å². The quantitative estimate of drug-likeness (QED) is 0.680. The third-order valence-electron chi connectivity index (χ3n) is 5.33. The van der Waals surface area contributed by atoms with Gasteiger partial charge in [0, 0.05) is 28.7 Å². The molecule has 2 aliphatic rings. The van der Waals surface area contributed by atoms with E-state index in [4.69, 9.17) is 10.7 Å². The highest BCUT2D eigenvalue weighted by Gasteiger charge is 2.47. The monoisotopic (exact) mass is 316 g/mol. The van der Waals surface area contributed by atoms with Crippen molar-refractivity contribution in [2.45, 2.75) is 18.4 Å². The lowest BCUT2D eigenvalue weighted by Gasteiger charge is -2.30. The zero-order valence-electron chi connectivity index (χ0n) is 13.5. The van der Waals surface area contributed by atoms with Crippen LogP contribution in [0.25, 0.3) is 10.9 Å². The second-order valence-corrected chi connectivity index (χ2v) is 6.62. The minimum Gasteiger partial charge on any atom is -0.369 e. The SMILES string of the molecule is NCC[C@@]12Nc3ccccc3C1=NCCc1c2[nH]c2ccccc12. The number of hydrogen-bond donors (Lipinski definition) is 3. The maximum atomic E-state index is 6.04. The number of fused-ring (bicyclic) bond motifs is 7. The zero-order valence-corrected chi connectivity index (χ0v) is 13.5.